The van der Waals surface area contributed by atoms with Crippen LogP contribution in [0.5, 0.6) is 0 Å². The second-order valence-corrected chi connectivity index (χ2v) is 5.14. The van der Waals surface area contributed by atoms with Gasteiger partial charge in [-0.2, -0.15) is 0 Å². The lowest BCUT2D eigenvalue weighted by Crippen LogP contribution is -2.14. The van der Waals surface area contributed by atoms with Gasteiger partial charge in [0.1, 0.15) is 16.8 Å². The van der Waals surface area contributed by atoms with Crippen molar-refractivity contribution in [2.24, 2.45) is 0 Å². The van der Waals surface area contributed by atoms with Crippen LogP contribution >= 0.6 is 11.6 Å². The molecule has 0 saturated heterocycles. The summed E-state index contributed by atoms with van der Waals surface area (Å²) < 4.78 is 0. The summed E-state index contributed by atoms with van der Waals surface area (Å²) in [5.41, 5.74) is 0.854. The van der Waals surface area contributed by atoms with Crippen molar-refractivity contribution in [2.75, 3.05) is 11.9 Å². The normalized spacial score (nSPS) is 12.8. The topological polar surface area (TPSA) is 58.0 Å². The fourth-order valence-corrected chi connectivity index (χ4v) is 1.67. The molecule has 0 aliphatic heterocycles. The summed E-state index contributed by atoms with van der Waals surface area (Å²) in [6, 6.07) is 0. The predicted molar refractivity (Wildman–Crippen MR) is 75.3 cm³/mol. The third-order valence-corrected chi connectivity index (χ3v) is 3.23. The van der Waals surface area contributed by atoms with Gasteiger partial charge in [0, 0.05) is 18.0 Å². The highest BCUT2D eigenvalue weighted by Crippen LogP contribution is 2.22. The fourth-order valence-electron chi connectivity index (χ4n) is 1.50. The van der Waals surface area contributed by atoms with Crippen LogP contribution in [-0.2, 0) is 0 Å². The smallest absolute Gasteiger partial charge is 0.137 e. The molecule has 0 spiro atoms. The van der Waals surface area contributed by atoms with Gasteiger partial charge in [-0.05, 0) is 19.8 Å². The van der Waals surface area contributed by atoms with E-state index in [0.29, 0.717) is 18.1 Å². The molecule has 1 aromatic rings. The average Bonchev–Trinajstić information content (AvgIpc) is 2.33. The van der Waals surface area contributed by atoms with Gasteiger partial charge in [0.2, 0.25) is 0 Å². The van der Waals surface area contributed by atoms with E-state index in [2.05, 4.69) is 15.3 Å². The highest BCUT2D eigenvalue weighted by Gasteiger charge is 2.11. The first-order valence-electron chi connectivity index (χ1n) is 6.41. The first kappa shape index (κ1) is 15.2. The van der Waals surface area contributed by atoms with E-state index in [1.807, 2.05) is 27.7 Å². The quantitative estimate of drug-likeness (QED) is 0.781. The first-order chi connectivity index (χ1) is 8.45. The largest absolute Gasteiger partial charge is 0.393 e. The molecule has 0 fully saturated rings. The molecule has 102 valence electrons. The Labute approximate surface area is 114 Å². The number of halogens is 1. The van der Waals surface area contributed by atoms with Gasteiger partial charge in [-0.3, -0.25) is 0 Å². The number of anilines is 1. The lowest BCUT2D eigenvalue weighted by Gasteiger charge is -2.14. The molecule has 4 nitrogen and oxygen atoms in total. The Morgan fingerprint density at radius 1 is 1.33 bits per heavy atom. The van der Waals surface area contributed by atoms with Crippen LogP contribution in [0.2, 0.25) is 5.15 Å². The molecule has 1 heterocycles. The molecule has 0 saturated carbocycles. The molecule has 1 unspecified atom stereocenters. The van der Waals surface area contributed by atoms with Crippen molar-refractivity contribution in [3.05, 3.63) is 16.5 Å². The number of aliphatic hydroxyl groups is 1. The van der Waals surface area contributed by atoms with Gasteiger partial charge >= 0.3 is 0 Å². The minimum absolute atomic E-state index is 0.241. The summed E-state index contributed by atoms with van der Waals surface area (Å²) in [5.74, 6) is 1.75. The van der Waals surface area contributed by atoms with Gasteiger partial charge in [0.05, 0.1) is 6.10 Å². The molecule has 1 rings (SSSR count). The van der Waals surface area contributed by atoms with Gasteiger partial charge in [-0.1, -0.05) is 32.4 Å². The van der Waals surface area contributed by atoms with Crippen LogP contribution in [0.25, 0.3) is 0 Å². The van der Waals surface area contributed by atoms with Crippen LogP contribution in [0.3, 0.4) is 0 Å². The molecule has 5 heteroatoms. The van der Waals surface area contributed by atoms with Crippen LogP contribution in [0.1, 0.15) is 50.9 Å². The van der Waals surface area contributed by atoms with Crippen LogP contribution in [0.4, 0.5) is 5.82 Å². The van der Waals surface area contributed by atoms with E-state index in [-0.39, 0.29) is 12.0 Å². The zero-order valence-electron chi connectivity index (χ0n) is 11.5. The van der Waals surface area contributed by atoms with Crippen molar-refractivity contribution in [3.63, 3.8) is 0 Å². The van der Waals surface area contributed by atoms with Gasteiger partial charge in [-0.25, -0.2) is 9.97 Å². The third-order valence-electron chi connectivity index (χ3n) is 2.86. The average molecular weight is 272 g/mol. The highest BCUT2D eigenvalue weighted by molar-refractivity contribution is 6.30. The van der Waals surface area contributed by atoms with Crippen molar-refractivity contribution < 1.29 is 5.11 Å². The predicted octanol–water partition coefficient (Wildman–Crippen LogP) is 3.13. The molecule has 0 aliphatic carbocycles. The Kier molecular flexibility index (Phi) is 5.82. The van der Waals surface area contributed by atoms with Crippen molar-refractivity contribution in [2.45, 2.75) is 52.6 Å². The first-order valence-corrected chi connectivity index (χ1v) is 6.79. The number of rotatable bonds is 6. The zero-order valence-corrected chi connectivity index (χ0v) is 12.3. The van der Waals surface area contributed by atoms with E-state index in [1.165, 1.54) is 0 Å². The minimum atomic E-state index is -0.264. The molecule has 1 atom stereocenters. The Morgan fingerprint density at radius 3 is 2.56 bits per heavy atom. The Hall–Kier alpha value is -0.870. The Bertz CT molecular complexity index is 396. The molecule has 18 heavy (non-hydrogen) atoms. The molecular weight excluding hydrogens is 250 g/mol. The standard InChI is InChI=1S/C13H22ClN3O/c1-5-10(18)6-7-15-13-9(4)11(14)16-12(17-13)8(2)3/h8,10,18H,5-7H2,1-4H3,(H,15,16,17). The van der Waals surface area contributed by atoms with Gasteiger partial charge in [0.25, 0.3) is 0 Å². The molecule has 0 bridgehead atoms. The number of aliphatic hydroxyl groups excluding tert-OH is 1. The fraction of sp³-hybridized carbons (Fsp3) is 0.692. The maximum Gasteiger partial charge on any atom is 0.137 e. The van der Waals surface area contributed by atoms with Crippen molar-refractivity contribution in [3.8, 4) is 0 Å². The summed E-state index contributed by atoms with van der Waals surface area (Å²) in [7, 11) is 0. The zero-order chi connectivity index (χ0) is 13.7. The summed E-state index contributed by atoms with van der Waals surface area (Å²) >= 11 is 6.09. The van der Waals surface area contributed by atoms with Crippen LogP contribution in [0, 0.1) is 6.92 Å². The Balaban J connectivity index is 2.75. The van der Waals surface area contributed by atoms with E-state index in [1.54, 1.807) is 0 Å². The lowest BCUT2D eigenvalue weighted by molar-refractivity contribution is 0.164. The summed E-state index contributed by atoms with van der Waals surface area (Å²) in [5, 5.41) is 13.2. The van der Waals surface area contributed by atoms with Gasteiger partial charge < -0.3 is 10.4 Å². The third kappa shape index (κ3) is 4.10. The number of nitrogens with zero attached hydrogens (tertiary/aromatic N) is 2. The van der Waals surface area contributed by atoms with E-state index in [9.17, 15) is 5.11 Å². The van der Waals surface area contributed by atoms with Gasteiger partial charge in [0.15, 0.2) is 0 Å². The number of aromatic nitrogens is 2. The summed E-state index contributed by atoms with van der Waals surface area (Å²) in [4.78, 5) is 8.72. The van der Waals surface area contributed by atoms with Crippen LogP contribution in [-0.4, -0.2) is 27.7 Å². The van der Waals surface area contributed by atoms with Crippen molar-refractivity contribution >= 4 is 17.4 Å². The molecule has 0 radical (unpaired) electrons. The number of hydrogen-bond acceptors (Lipinski definition) is 4. The van der Waals surface area contributed by atoms with Gasteiger partial charge in [-0.15, -0.1) is 0 Å². The van der Waals surface area contributed by atoms with E-state index in [0.717, 1.165) is 23.6 Å². The molecule has 1 aromatic heterocycles. The van der Waals surface area contributed by atoms with E-state index >= 15 is 0 Å². The van der Waals surface area contributed by atoms with Crippen LogP contribution < -0.4 is 5.32 Å². The van der Waals surface area contributed by atoms with E-state index < -0.39 is 0 Å². The second kappa shape index (κ2) is 6.90. The lowest BCUT2D eigenvalue weighted by atomic mass is 10.2. The molecule has 0 aliphatic rings. The maximum atomic E-state index is 9.50. The number of nitrogens with one attached hydrogen (secondary N) is 1. The molecule has 0 aromatic carbocycles. The number of hydrogen-bond donors (Lipinski definition) is 2. The van der Waals surface area contributed by atoms with E-state index in [4.69, 9.17) is 11.6 Å². The van der Waals surface area contributed by atoms with Crippen molar-refractivity contribution in [1.29, 1.82) is 0 Å². The molecule has 2 N–H and O–H groups in total. The molecular formula is C13H22ClN3O. The summed E-state index contributed by atoms with van der Waals surface area (Å²) in [6.45, 7) is 8.61. The SMILES string of the molecule is CCC(O)CCNc1nc(C(C)C)nc(Cl)c1C. The second-order valence-electron chi connectivity index (χ2n) is 4.78. The maximum absolute atomic E-state index is 9.50. The monoisotopic (exact) mass is 271 g/mol. The summed E-state index contributed by atoms with van der Waals surface area (Å²) in [6.07, 6.45) is 1.21. The van der Waals surface area contributed by atoms with Crippen LogP contribution in [0.15, 0.2) is 0 Å². The molecule has 0 amide bonds. The highest BCUT2D eigenvalue weighted by atomic mass is 35.5. The van der Waals surface area contributed by atoms with Crippen molar-refractivity contribution in [1.82, 2.24) is 9.97 Å². The minimum Gasteiger partial charge on any atom is -0.393 e. The Morgan fingerprint density at radius 2 is 2.00 bits per heavy atom.